The number of fused-ring (bicyclic) bond motifs is 5. The van der Waals surface area contributed by atoms with Crippen LogP contribution in [0, 0.1) is 0 Å². The Morgan fingerprint density at radius 1 is 0.339 bits per heavy atom. The van der Waals surface area contributed by atoms with Crippen LogP contribution in [-0.4, -0.2) is 0 Å². The zero-order valence-electron chi connectivity index (χ0n) is 33.8. The summed E-state index contributed by atoms with van der Waals surface area (Å²) in [5.74, 6) is 0. The van der Waals surface area contributed by atoms with Crippen LogP contribution in [0.25, 0.3) is 21.9 Å². The number of rotatable bonds is 8. The summed E-state index contributed by atoms with van der Waals surface area (Å²) in [6, 6.07) is 82.1. The molecule has 0 aliphatic heterocycles. The molecule has 1 aliphatic carbocycles. The third-order valence-electron chi connectivity index (χ3n) is 12.1. The van der Waals surface area contributed by atoms with Crippen molar-refractivity contribution in [1.82, 2.24) is 0 Å². The van der Waals surface area contributed by atoms with Gasteiger partial charge in [0, 0.05) is 34.1 Å². The minimum Gasteiger partial charge on any atom is -0.311 e. The number of nitrogens with zero attached hydrogens (tertiary/aromatic N) is 2. The van der Waals surface area contributed by atoms with E-state index >= 15 is 0 Å². The lowest BCUT2D eigenvalue weighted by Crippen LogP contribution is -2.29. The van der Waals surface area contributed by atoms with Crippen molar-refractivity contribution >= 4 is 44.9 Å². The van der Waals surface area contributed by atoms with Crippen molar-refractivity contribution in [3.05, 3.63) is 252 Å². The summed E-state index contributed by atoms with van der Waals surface area (Å²) in [6.45, 7) is 6.87. The third kappa shape index (κ3) is 6.20. The molecule has 0 N–H and O–H groups in total. The molecule has 0 radical (unpaired) electrons. The molecule has 0 saturated heterocycles. The highest BCUT2D eigenvalue weighted by Gasteiger charge is 2.46. The quantitative estimate of drug-likeness (QED) is 0.152. The molecule has 9 aromatic rings. The molecule has 0 bridgehead atoms. The van der Waals surface area contributed by atoms with Crippen molar-refractivity contribution in [2.45, 2.75) is 31.6 Å². The average Bonchev–Trinajstić information content (AvgIpc) is 3.60. The van der Waals surface area contributed by atoms with E-state index in [1.165, 1.54) is 49.7 Å². The Kier molecular flexibility index (Phi) is 8.99. The van der Waals surface area contributed by atoms with E-state index in [1.807, 2.05) is 0 Å². The van der Waals surface area contributed by atoms with Gasteiger partial charge < -0.3 is 9.80 Å². The molecule has 0 fully saturated rings. The van der Waals surface area contributed by atoms with E-state index in [2.05, 4.69) is 255 Å². The van der Waals surface area contributed by atoms with Gasteiger partial charge in [0.05, 0.1) is 5.41 Å². The Labute approximate surface area is 348 Å². The summed E-state index contributed by atoms with van der Waals surface area (Å²) in [5.41, 5.74) is 15.3. The minimum atomic E-state index is -0.511. The lowest BCUT2D eigenvalue weighted by atomic mass is 9.67. The Morgan fingerprint density at radius 3 is 1.25 bits per heavy atom. The zero-order chi connectivity index (χ0) is 40.0. The Hall–Kier alpha value is -7.16. The number of anilines is 6. The molecule has 2 nitrogen and oxygen atoms in total. The molecule has 9 aromatic carbocycles. The fourth-order valence-electron chi connectivity index (χ4n) is 9.29. The molecule has 1 unspecified atom stereocenters. The number of benzene rings is 9. The standard InChI is InChI=1S/C57H46N2/c1-56(2,3)42-28-30-43(31-29-42)57(53-26-16-15-25-52(53)55-51-24-14-13-17-41(51)27-40-54(55)57)44-32-34-48(35-33-44)59(47-22-11-6-12-23-47)50-38-36-49(37-39-50)58(45-18-7-4-8-19-45)46-20-9-5-10-21-46/h4-40H,1-3H3. The van der Waals surface area contributed by atoms with E-state index in [0.717, 1.165) is 34.1 Å². The summed E-state index contributed by atoms with van der Waals surface area (Å²) in [5, 5.41) is 2.55. The molecule has 0 saturated carbocycles. The van der Waals surface area contributed by atoms with Crippen molar-refractivity contribution in [1.29, 1.82) is 0 Å². The predicted octanol–water partition coefficient (Wildman–Crippen LogP) is 15.4. The largest absolute Gasteiger partial charge is 0.311 e. The molecule has 0 amide bonds. The summed E-state index contributed by atoms with van der Waals surface area (Å²) in [6.07, 6.45) is 0. The first-order valence-corrected chi connectivity index (χ1v) is 20.6. The van der Waals surface area contributed by atoms with Crippen LogP contribution in [0.2, 0.25) is 0 Å². The Bertz CT molecular complexity index is 2840. The van der Waals surface area contributed by atoms with Gasteiger partial charge >= 0.3 is 0 Å². The van der Waals surface area contributed by atoms with Gasteiger partial charge in [-0.05, 0) is 128 Å². The summed E-state index contributed by atoms with van der Waals surface area (Å²) < 4.78 is 0. The van der Waals surface area contributed by atoms with Crippen LogP contribution in [0.5, 0.6) is 0 Å². The highest BCUT2D eigenvalue weighted by molar-refractivity contribution is 6.04. The first kappa shape index (κ1) is 36.2. The van der Waals surface area contributed by atoms with Gasteiger partial charge in [-0.3, -0.25) is 0 Å². The molecule has 0 heterocycles. The second-order valence-corrected chi connectivity index (χ2v) is 16.6. The van der Waals surface area contributed by atoms with Crippen LogP contribution in [0.3, 0.4) is 0 Å². The second kappa shape index (κ2) is 14.7. The van der Waals surface area contributed by atoms with Crippen LogP contribution < -0.4 is 9.80 Å². The van der Waals surface area contributed by atoms with Crippen molar-refractivity contribution in [2.75, 3.05) is 9.80 Å². The van der Waals surface area contributed by atoms with E-state index in [-0.39, 0.29) is 5.41 Å². The summed E-state index contributed by atoms with van der Waals surface area (Å²) in [4.78, 5) is 4.66. The van der Waals surface area contributed by atoms with Crippen molar-refractivity contribution in [2.24, 2.45) is 0 Å². The maximum Gasteiger partial charge on any atom is 0.0713 e. The Morgan fingerprint density at radius 2 is 0.746 bits per heavy atom. The summed E-state index contributed by atoms with van der Waals surface area (Å²) in [7, 11) is 0. The molecular formula is C57H46N2. The topological polar surface area (TPSA) is 6.48 Å². The van der Waals surface area contributed by atoms with Crippen LogP contribution >= 0.6 is 0 Å². The molecule has 0 spiro atoms. The van der Waals surface area contributed by atoms with Gasteiger partial charge in [0.15, 0.2) is 0 Å². The van der Waals surface area contributed by atoms with Crippen LogP contribution in [-0.2, 0) is 10.8 Å². The van der Waals surface area contributed by atoms with Gasteiger partial charge in [-0.15, -0.1) is 0 Å². The third-order valence-corrected chi connectivity index (χ3v) is 12.1. The second-order valence-electron chi connectivity index (χ2n) is 16.6. The Balaban J connectivity index is 1.12. The molecule has 284 valence electrons. The molecule has 10 rings (SSSR count). The van der Waals surface area contributed by atoms with Gasteiger partial charge in [-0.25, -0.2) is 0 Å². The number of hydrogen-bond donors (Lipinski definition) is 0. The minimum absolute atomic E-state index is 0.0511. The fourth-order valence-corrected chi connectivity index (χ4v) is 9.29. The molecule has 2 heteroatoms. The van der Waals surface area contributed by atoms with E-state index in [9.17, 15) is 0 Å². The first-order chi connectivity index (χ1) is 28.9. The number of para-hydroxylation sites is 3. The van der Waals surface area contributed by atoms with E-state index in [1.54, 1.807) is 0 Å². The van der Waals surface area contributed by atoms with E-state index in [0.29, 0.717) is 0 Å². The van der Waals surface area contributed by atoms with Gasteiger partial charge in [0.1, 0.15) is 0 Å². The van der Waals surface area contributed by atoms with Crippen LogP contribution in [0.4, 0.5) is 34.1 Å². The normalized spacial score (nSPS) is 14.4. The molecule has 1 aliphatic rings. The average molecular weight is 759 g/mol. The zero-order valence-corrected chi connectivity index (χ0v) is 33.8. The molecule has 1 atom stereocenters. The van der Waals surface area contributed by atoms with E-state index in [4.69, 9.17) is 0 Å². The molecule has 0 aromatic heterocycles. The maximum absolute atomic E-state index is 2.38. The van der Waals surface area contributed by atoms with Crippen LogP contribution in [0.15, 0.2) is 224 Å². The van der Waals surface area contributed by atoms with Gasteiger partial charge in [-0.1, -0.05) is 172 Å². The first-order valence-electron chi connectivity index (χ1n) is 20.6. The molecule has 59 heavy (non-hydrogen) atoms. The maximum atomic E-state index is 2.38. The number of hydrogen-bond acceptors (Lipinski definition) is 2. The van der Waals surface area contributed by atoms with Gasteiger partial charge in [0.2, 0.25) is 0 Å². The fraction of sp³-hybridized carbons (Fsp3) is 0.0877. The van der Waals surface area contributed by atoms with Crippen molar-refractivity contribution < 1.29 is 0 Å². The smallest absolute Gasteiger partial charge is 0.0713 e. The van der Waals surface area contributed by atoms with E-state index < -0.39 is 5.41 Å². The lowest BCUT2D eigenvalue weighted by molar-refractivity contribution is 0.589. The monoisotopic (exact) mass is 758 g/mol. The van der Waals surface area contributed by atoms with Crippen molar-refractivity contribution in [3.8, 4) is 11.1 Å². The SMILES string of the molecule is CC(C)(C)c1ccc(C2(c3ccc(N(c4ccccc4)c4ccc(N(c5ccccc5)c5ccccc5)cc4)cc3)c3ccccc3-c3c2ccc2ccccc32)cc1. The lowest BCUT2D eigenvalue weighted by Gasteiger charge is -2.35. The van der Waals surface area contributed by atoms with Crippen molar-refractivity contribution in [3.63, 3.8) is 0 Å². The highest BCUT2D eigenvalue weighted by atomic mass is 15.2. The molecular weight excluding hydrogens is 713 g/mol. The summed E-state index contributed by atoms with van der Waals surface area (Å²) >= 11 is 0. The highest BCUT2D eigenvalue weighted by Crippen LogP contribution is 2.58. The van der Waals surface area contributed by atoms with Gasteiger partial charge in [-0.2, -0.15) is 0 Å². The predicted molar refractivity (Wildman–Crippen MR) is 249 cm³/mol. The van der Waals surface area contributed by atoms with Gasteiger partial charge in [0.25, 0.3) is 0 Å². The van der Waals surface area contributed by atoms with Crippen LogP contribution in [0.1, 0.15) is 48.6 Å².